The number of carbonyl (C=O) groups excluding carboxylic acids is 1. The van der Waals surface area contributed by atoms with Gasteiger partial charge in [-0.05, 0) is 36.8 Å². The van der Waals surface area contributed by atoms with Crippen LogP contribution in [-0.4, -0.2) is 41.2 Å². The third-order valence-electron chi connectivity index (χ3n) is 3.57. The van der Waals surface area contributed by atoms with Gasteiger partial charge in [0.2, 0.25) is 5.91 Å². The molecule has 0 atom stereocenters. The summed E-state index contributed by atoms with van der Waals surface area (Å²) in [7, 11) is 1.60. The van der Waals surface area contributed by atoms with Crippen molar-refractivity contribution in [2.45, 2.75) is 13.5 Å². The summed E-state index contributed by atoms with van der Waals surface area (Å²) in [6.07, 6.45) is 6.64. The van der Waals surface area contributed by atoms with Gasteiger partial charge in [-0.25, -0.2) is 0 Å². The molecule has 2 aromatic rings. The molecule has 0 fully saturated rings. The molecule has 1 aromatic heterocycles. The highest BCUT2D eigenvalue weighted by atomic mass is 16.5. The number of aliphatic hydroxyl groups is 1. The molecule has 0 spiro atoms. The molecular weight excluding hydrogens is 304 g/mol. The van der Waals surface area contributed by atoms with Crippen LogP contribution in [0.1, 0.15) is 16.7 Å². The van der Waals surface area contributed by atoms with E-state index in [1.165, 1.54) is 6.08 Å². The Kier molecular flexibility index (Phi) is 6.51. The number of benzene rings is 1. The monoisotopic (exact) mass is 326 g/mol. The number of hydrogen-bond donors (Lipinski definition) is 1. The summed E-state index contributed by atoms with van der Waals surface area (Å²) in [5.41, 5.74) is 2.85. The highest BCUT2D eigenvalue weighted by molar-refractivity contribution is 5.92. The van der Waals surface area contributed by atoms with Gasteiger partial charge in [0.25, 0.3) is 0 Å². The fourth-order valence-corrected chi connectivity index (χ4v) is 2.35. The fourth-order valence-electron chi connectivity index (χ4n) is 2.35. The number of nitrogens with zero attached hydrogens (tertiary/aromatic N) is 2. The van der Waals surface area contributed by atoms with E-state index in [0.29, 0.717) is 12.3 Å². The minimum atomic E-state index is -0.170. The molecule has 0 aliphatic carbocycles. The summed E-state index contributed by atoms with van der Waals surface area (Å²) in [5.74, 6) is 0.544. The predicted octanol–water partition coefficient (Wildman–Crippen LogP) is 2.43. The summed E-state index contributed by atoms with van der Waals surface area (Å²) in [6, 6.07) is 9.52. The number of methoxy groups -OCH3 is 1. The summed E-state index contributed by atoms with van der Waals surface area (Å²) in [5, 5.41) is 9.21. The van der Waals surface area contributed by atoms with Crippen molar-refractivity contribution in [3.63, 3.8) is 0 Å². The number of pyridine rings is 1. The van der Waals surface area contributed by atoms with Crippen molar-refractivity contribution in [3.8, 4) is 5.75 Å². The zero-order valence-corrected chi connectivity index (χ0v) is 14.0. The van der Waals surface area contributed by atoms with Crippen LogP contribution in [0.3, 0.4) is 0 Å². The quantitative estimate of drug-likeness (QED) is 0.794. The van der Waals surface area contributed by atoms with Crippen molar-refractivity contribution in [1.29, 1.82) is 0 Å². The molecule has 0 saturated carbocycles. The lowest BCUT2D eigenvalue weighted by molar-refractivity contribution is -0.127. The highest BCUT2D eigenvalue weighted by Crippen LogP contribution is 2.21. The van der Waals surface area contributed by atoms with E-state index in [4.69, 9.17) is 4.74 Å². The van der Waals surface area contributed by atoms with E-state index < -0.39 is 0 Å². The van der Waals surface area contributed by atoms with Gasteiger partial charge >= 0.3 is 0 Å². The summed E-state index contributed by atoms with van der Waals surface area (Å²) >= 11 is 0. The van der Waals surface area contributed by atoms with Crippen LogP contribution < -0.4 is 4.74 Å². The van der Waals surface area contributed by atoms with E-state index in [0.717, 1.165) is 16.7 Å². The van der Waals surface area contributed by atoms with Crippen molar-refractivity contribution in [2.24, 2.45) is 0 Å². The number of aliphatic hydroxyl groups excluding tert-OH is 1. The maximum Gasteiger partial charge on any atom is 0.246 e. The molecule has 0 aliphatic heterocycles. The summed E-state index contributed by atoms with van der Waals surface area (Å²) in [4.78, 5) is 18.1. The lowest BCUT2D eigenvalue weighted by atomic mass is 10.1. The smallest absolute Gasteiger partial charge is 0.246 e. The van der Waals surface area contributed by atoms with Crippen LogP contribution >= 0.6 is 0 Å². The molecule has 0 aliphatic rings. The van der Waals surface area contributed by atoms with E-state index in [1.807, 2.05) is 37.3 Å². The number of hydrogen-bond acceptors (Lipinski definition) is 4. The van der Waals surface area contributed by atoms with Crippen LogP contribution in [0.25, 0.3) is 6.08 Å². The van der Waals surface area contributed by atoms with Gasteiger partial charge < -0.3 is 14.7 Å². The fraction of sp³-hybridized carbons (Fsp3) is 0.263. The summed E-state index contributed by atoms with van der Waals surface area (Å²) in [6.45, 7) is 2.57. The molecule has 5 nitrogen and oxygen atoms in total. The Morgan fingerprint density at radius 2 is 2.21 bits per heavy atom. The summed E-state index contributed by atoms with van der Waals surface area (Å²) < 4.78 is 5.31. The second kappa shape index (κ2) is 8.84. The molecule has 0 bridgehead atoms. The first-order valence-corrected chi connectivity index (χ1v) is 7.75. The van der Waals surface area contributed by atoms with E-state index in [1.54, 1.807) is 30.5 Å². The third kappa shape index (κ3) is 4.93. The zero-order chi connectivity index (χ0) is 17.4. The maximum absolute atomic E-state index is 12.5. The minimum Gasteiger partial charge on any atom is -0.496 e. The second-order valence-corrected chi connectivity index (χ2v) is 5.42. The number of amides is 1. The Balaban J connectivity index is 2.14. The van der Waals surface area contributed by atoms with Gasteiger partial charge in [0.05, 0.1) is 13.7 Å². The molecule has 0 unspecified atom stereocenters. The van der Waals surface area contributed by atoms with E-state index in [9.17, 15) is 9.90 Å². The Hall–Kier alpha value is -2.66. The lowest BCUT2D eigenvalue weighted by Crippen LogP contribution is -2.31. The van der Waals surface area contributed by atoms with Crippen LogP contribution in [0.2, 0.25) is 0 Å². The average Bonchev–Trinajstić information content (AvgIpc) is 2.60. The van der Waals surface area contributed by atoms with Gasteiger partial charge in [0.15, 0.2) is 0 Å². The van der Waals surface area contributed by atoms with Crippen LogP contribution in [-0.2, 0) is 11.3 Å². The Labute approximate surface area is 142 Å². The molecule has 0 radical (unpaired) electrons. The molecule has 24 heavy (non-hydrogen) atoms. The second-order valence-electron chi connectivity index (χ2n) is 5.42. The number of aromatic nitrogens is 1. The van der Waals surface area contributed by atoms with Gasteiger partial charge in [0, 0.05) is 37.1 Å². The topological polar surface area (TPSA) is 62.7 Å². The highest BCUT2D eigenvalue weighted by Gasteiger charge is 2.11. The molecule has 1 heterocycles. The zero-order valence-electron chi connectivity index (χ0n) is 14.0. The largest absolute Gasteiger partial charge is 0.496 e. The number of rotatable bonds is 7. The molecule has 0 saturated heterocycles. The number of aryl methyl sites for hydroxylation is 1. The van der Waals surface area contributed by atoms with Crippen molar-refractivity contribution in [1.82, 2.24) is 9.88 Å². The van der Waals surface area contributed by atoms with Crippen LogP contribution in [0.5, 0.6) is 5.75 Å². The Morgan fingerprint density at radius 3 is 2.88 bits per heavy atom. The van der Waals surface area contributed by atoms with Crippen molar-refractivity contribution >= 4 is 12.0 Å². The molecule has 5 heteroatoms. The normalized spacial score (nSPS) is 10.8. The van der Waals surface area contributed by atoms with E-state index in [-0.39, 0.29) is 19.1 Å². The predicted molar refractivity (Wildman–Crippen MR) is 93.5 cm³/mol. The molecular formula is C19H22N2O3. The molecule has 1 N–H and O–H groups in total. The van der Waals surface area contributed by atoms with Crippen LogP contribution in [0.15, 0.2) is 48.8 Å². The van der Waals surface area contributed by atoms with E-state index >= 15 is 0 Å². The number of carbonyl (C=O) groups is 1. The van der Waals surface area contributed by atoms with Crippen molar-refractivity contribution in [3.05, 3.63) is 65.5 Å². The van der Waals surface area contributed by atoms with Crippen LogP contribution in [0, 0.1) is 6.92 Å². The minimum absolute atomic E-state index is 0.0897. The van der Waals surface area contributed by atoms with Crippen molar-refractivity contribution in [2.75, 3.05) is 20.3 Å². The average molecular weight is 326 g/mol. The van der Waals surface area contributed by atoms with E-state index in [2.05, 4.69) is 4.98 Å². The SMILES string of the molecule is COc1ccc(C)cc1/C=C/C(=O)N(CCO)Cc1cccnc1. The van der Waals surface area contributed by atoms with Crippen LogP contribution in [0.4, 0.5) is 0 Å². The third-order valence-corrected chi connectivity index (χ3v) is 3.57. The molecule has 1 aromatic carbocycles. The Morgan fingerprint density at radius 1 is 1.38 bits per heavy atom. The van der Waals surface area contributed by atoms with Gasteiger partial charge in [-0.3, -0.25) is 9.78 Å². The van der Waals surface area contributed by atoms with Gasteiger partial charge in [-0.15, -0.1) is 0 Å². The van der Waals surface area contributed by atoms with Crippen molar-refractivity contribution < 1.29 is 14.6 Å². The first-order chi connectivity index (χ1) is 11.6. The first kappa shape index (κ1) is 17.7. The maximum atomic E-state index is 12.5. The van der Waals surface area contributed by atoms with Gasteiger partial charge in [0.1, 0.15) is 5.75 Å². The van der Waals surface area contributed by atoms with Gasteiger partial charge in [-0.1, -0.05) is 17.7 Å². The molecule has 2 rings (SSSR count). The molecule has 1 amide bonds. The number of ether oxygens (including phenoxy) is 1. The molecule has 126 valence electrons. The Bertz CT molecular complexity index is 699. The standard InChI is InChI=1S/C19H22N2O3/c1-15-5-7-18(24-2)17(12-15)6-8-19(23)21(10-11-22)14-16-4-3-9-20-13-16/h3-9,12-13,22H,10-11,14H2,1-2H3/b8-6+. The lowest BCUT2D eigenvalue weighted by Gasteiger charge is -2.20. The first-order valence-electron chi connectivity index (χ1n) is 7.75. The van der Waals surface area contributed by atoms with Gasteiger partial charge in [-0.2, -0.15) is 0 Å².